The minimum Gasteiger partial charge on any atom is -0.330 e. The van der Waals surface area contributed by atoms with Gasteiger partial charge in [-0.1, -0.05) is 60.7 Å². The highest BCUT2D eigenvalue weighted by atomic mass is 15.1. The van der Waals surface area contributed by atoms with Crippen LogP contribution in [0.1, 0.15) is 24.0 Å². The maximum Gasteiger partial charge on any atom is 0.0669 e. The van der Waals surface area contributed by atoms with Crippen LogP contribution in [0, 0.1) is 23.2 Å². The largest absolute Gasteiger partial charge is 0.330 e. The van der Waals surface area contributed by atoms with Crippen molar-refractivity contribution in [2.45, 2.75) is 25.9 Å². The molecule has 148 valence electrons. The molecule has 0 radical (unpaired) electrons. The van der Waals surface area contributed by atoms with E-state index in [2.05, 4.69) is 70.5 Å². The highest BCUT2D eigenvalue weighted by Crippen LogP contribution is 2.18. The average Bonchev–Trinajstić information content (AvgIpc) is 3.39. The van der Waals surface area contributed by atoms with Gasteiger partial charge in [-0.25, -0.2) is 0 Å². The number of rotatable bonds is 5. The first-order valence-corrected chi connectivity index (χ1v) is 10.4. The third-order valence-electron chi connectivity index (χ3n) is 5.66. The van der Waals surface area contributed by atoms with Crippen molar-refractivity contribution < 1.29 is 0 Å². The van der Waals surface area contributed by atoms with E-state index in [4.69, 9.17) is 11.0 Å². The number of benzene rings is 2. The number of likely N-dealkylation sites (tertiary alicyclic amines) is 2. The Morgan fingerprint density at radius 1 is 0.821 bits per heavy atom. The lowest BCUT2D eigenvalue weighted by Crippen LogP contribution is -2.22. The molecule has 0 saturated carbocycles. The number of nitrogens with zero attached hydrogens (tertiary/aromatic N) is 3. The van der Waals surface area contributed by atoms with E-state index in [1.807, 2.05) is 6.07 Å². The smallest absolute Gasteiger partial charge is 0.0669 e. The van der Waals surface area contributed by atoms with Crippen LogP contribution in [0.25, 0.3) is 0 Å². The average molecular weight is 377 g/mol. The van der Waals surface area contributed by atoms with Gasteiger partial charge in [-0.15, -0.1) is 0 Å². The maximum absolute atomic E-state index is 8.77. The third-order valence-corrected chi connectivity index (χ3v) is 5.66. The van der Waals surface area contributed by atoms with E-state index in [1.165, 1.54) is 30.6 Å². The van der Waals surface area contributed by atoms with Gasteiger partial charge >= 0.3 is 0 Å². The van der Waals surface area contributed by atoms with Crippen LogP contribution in [0.5, 0.6) is 0 Å². The molecule has 2 unspecified atom stereocenters. The summed E-state index contributed by atoms with van der Waals surface area (Å²) >= 11 is 0. The first-order valence-electron chi connectivity index (χ1n) is 10.4. The molecule has 2 aliphatic rings. The number of nitrogens with two attached hydrogens (primary N) is 1. The molecule has 2 atom stereocenters. The summed E-state index contributed by atoms with van der Waals surface area (Å²) in [7, 11) is 0. The Hall–Kier alpha value is -2.19. The van der Waals surface area contributed by atoms with Crippen LogP contribution in [-0.2, 0) is 13.1 Å². The minimum atomic E-state index is 0.249. The summed E-state index contributed by atoms with van der Waals surface area (Å²) in [4.78, 5) is 4.84. The monoisotopic (exact) mass is 376 g/mol. The second kappa shape index (κ2) is 11.0. The van der Waals surface area contributed by atoms with E-state index in [9.17, 15) is 0 Å². The molecule has 2 saturated heterocycles. The Morgan fingerprint density at radius 2 is 1.36 bits per heavy atom. The van der Waals surface area contributed by atoms with E-state index in [1.54, 1.807) is 0 Å². The van der Waals surface area contributed by atoms with Crippen LogP contribution in [-0.4, -0.2) is 42.5 Å². The fraction of sp³-hybridized carbons (Fsp3) is 0.458. The summed E-state index contributed by atoms with van der Waals surface area (Å²) in [6.45, 7) is 7.28. The lowest BCUT2D eigenvalue weighted by Gasteiger charge is -2.15. The standard InChI is InChI=1S/C12H18N2.C12H14N2/c2*13-8-12-6-7-14(10-12)9-11-4-2-1-3-5-11/h1-5,12H,6-10,13H2;1-5,12H,6-7,9-10H2. The van der Waals surface area contributed by atoms with Gasteiger partial charge in [0, 0.05) is 26.2 Å². The molecule has 0 spiro atoms. The molecule has 2 heterocycles. The van der Waals surface area contributed by atoms with Crippen LogP contribution < -0.4 is 5.73 Å². The van der Waals surface area contributed by atoms with Crippen molar-refractivity contribution in [3.8, 4) is 6.07 Å². The van der Waals surface area contributed by atoms with Gasteiger partial charge in [0.1, 0.15) is 0 Å². The fourth-order valence-electron chi connectivity index (χ4n) is 4.01. The van der Waals surface area contributed by atoms with Gasteiger partial charge in [-0.2, -0.15) is 5.26 Å². The van der Waals surface area contributed by atoms with Gasteiger partial charge in [-0.3, -0.25) is 9.80 Å². The summed E-state index contributed by atoms with van der Waals surface area (Å²) < 4.78 is 0. The number of hydrogen-bond donors (Lipinski definition) is 1. The van der Waals surface area contributed by atoms with Gasteiger partial charge in [0.2, 0.25) is 0 Å². The van der Waals surface area contributed by atoms with Gasteiger partial charge < -0.3 is 5.73 Å². The second-order valence-corrected chi connectivity index (χ2v) is 7.95. The zero-order valence-electron chi connectivity index (χ0n) is 16.7. The molecule has 2 aliphatic heterocycles. The Kier molecular flexibility index (Phi) is 8.05. The molecular weight excluding hydrogens is 344 g/mol. The maximum atomic E-state index is 8.77. The molecule has 0 bridgehead atoms. The van der Waals surface area contributed by atoms with Gasteiger partial charge in [-0.05, 0) is 49.5 Å². The van der Waals surface area contributed by atoms with Crippen molar-refractivity contribution in [2.24, 2.45) is 17.6 Å². The van der Waals surface area contributed by atoms with E-state index >= 15 is 0 Å². The normalized spacial score (nSPS) is 22.4. The summed E-state index contributed by atoms with van der Waals surface area (Å²) in [5, 5.41) is 8.77. The molecule has 2 aromatic carbocycles. The second-order valence-electron chi connectivity index (χ2n) is 7.95. The molecule has 4 heteroatoms. The lowest BCUT2D eigenvalue weighted by molar-refractivity contribution is 0.318. The Morgan fingerprint density at radius 3 is 1.82 bits per heavy atom. The molecule has 4 nitrogen and oxygen atoms in total. The first kappa shape index (κ1) is 20.5. The molecule has 28 heavy (non-hydrogen) atoms. The quantitative estimate of drug-likeness (QED) is 0.868. The van der Waals surface area contributed by atoms with Crippen LogP contribution in [0.2, 0.25) is 0 Å². The van der Waals surface area contributed by atoms with Crippen molar-refractivity contribution in [3.05, 3.63) is 71.8 Å². The molecule has 2 aromatic rings. The highest BCUT2D eigenvalue weighted by molar-refractivity contribution is 5.15. The van der Waals surface area contributed by atoms with Crippen LogP contribution in [0.3, 0.4) is 0 Å². The molecule has 4 rings (SSSR count). The molecular formula is C24H32N4. The molecule has 2 fully saturated rings. The van der Waals surface area contributed by atoms with Crippen molar-refractivity contribution in [3.63, 3.8) is 0 Å². The summed E-state index contributed by atoms with van der Waals surface area (Å²) in [5.41, 5.74) is 8.41. The topological polar surface area (TPSA) is 56.3 Å². The Balaban J connectivity index is 0.000000161. The SMILES string of the molecule is N#CC1CCN(Cc2ccccc2)C1.NCC1CCN(Cc2ccccc2)C1. The number of hydrogen-bond acceptors (Lipinski definition) is 4. The molecule has 0 aliphatic carbocycles. The van der Waals surface area contributed by atoms with Gasteiger partial charge in [0.15, 0.2) is 0 Å². The van der Waals surface area contributed by atoms with E-state index in [-0.39, 0.29) is 5.92 Å². The summed E-state index contributed by atoms with van der Waals surface area (Å²) in [6, 6.07) is 23.4. The van der Waals surface area contributed by atoms with Crippen LogP contribution in [0.15, 0.2) is 60.7 Å². The van der Waals surface area contributed by atoms with Gasteiger partial charge in [0.25, 0.3) is 0 Å². The van der Waals surface area contributed by atoms with Crippen LogP contribution in [0.4, 0.5) is 0 Å². The fourth-order valence-corrected chi connectivity index (χ4v) is 4.01. The summed E-state index contributed by atoms with van der Waals surface area (Å²) in [6.07, 6.45) is 2.30. The predicted octanol–water partition coefficient (Wildman–Crippen LogP) is 3.50. The van der Waals surface area contributed by atoms with E-state index in [0.717, 1.165) is 45.1 Å². The number of nitriles is 1. The zero-order valence-corrected chi connectivity index (χ0v) is 16.7. The molecule has 2 N–H and O–H groups in total. The summed E-state index contributed by atoms with van der Waals surface area (Å²) in [5.74, 6) is 0.970. The van der Waals surface area contributed by atoms with E-state index in [0.29, 0.717) is 0 Å². The first-order chi connectivity index (χ1) is 13.8. The lowest BCUT2D eigenvalue weighted by atomic mass is 10.1. The van der Waals surface area contributed by atoms with Crippen molar-refractivity contribution in [2.75, 3.05) is 32.7 Å². The van der Waals surface area contributed by atoms with Gasteiger partial charge in [0.05, 0.1) is 12.0 Å². The molecule has 0 amide bonds. The molecule has 0 aromatic heterocycles. The zero-order chi connectivity index (χ0) is 19.6. The van der Waals surface area contributed by atoms with Crippen molar-refractivity contribution >= 4 is 0 Å². The van der Waals surface area contributed by atoms with E-state index < -0.39 is 0 Å². The minimum absolute atomic E-state index is 0.249. The highest BCUT2D eigenvalue weighted by Gasteiger charge is 2.22. The Labute approximate surface area is 169 Å². The predicted molar refractivity (Wildman–Crippen MR) is 114 cm³/mol. The van der Waals surface area contributed by atoms with Crippen molar-refractivity contribution in [1.82, 2.24) is 9.80 Å². The van der Waals surface area contributed by atoms with Crippen molar-refractivity contribution in [1.29, 1.82) is 5.26 Å². The third kappa shape index (κ3) is 6.45. The van der Waals surface area contributed by atoms with Crippen LogP contribution >= 0.6 is 0 Å². The Bertz CT molecular complexity index is 725.